The smallest absolute Gasteiger partial charge is 0.408 e. The van der Waals surface area contributed by atoms with Gasteiger partial charge in [0.25, 0.3) is 0 Å². The van der Waals surface area contributed by atoms with Crippen molar-refractivity contribution < 1.29 is 24.2 Å². The molecule has 1 amide bonds. The van der Waals surface area contributed by atoms with Crippen LogP contribution >= 0.6 is 0 Å². The van der Waals surface area contributed by atoms with Crippen LogP contribution < -0.4 is 10.1 Å². The molecule has 0 spiro atoms. The lowest BCUT2D eigenvalue weighted by Gasteiger charge is -2.22. The number of hydrogen-bond acceptors (Lipinski definition) is 5. The van der Waals surface area contributed by atoms with Crippen molar-refractivity contribution in [2.24, 2.45) is 0 Å². The number of hydrogen-bond donors (Lipinski definition) is 2. The number of pyridine rings is 1. The molecule has 1 aromatic rings. The van der Waals surface area contributed by atoms with Gasteiger partial charge in [0, 0.05) is 18.2 Å². The number of amides is 1. The van der Waals surface area contributed by atoms with E-state index in [1.54, 1.807) is 39.1 Å². The summed E-state index contributed by atoms with van der Waals surface area (Å²) in [5, 5.41) is 11.6. The summed E-state index contributed by atoms with van der Waals surface area (Å²) in [6, 6.07) is 2.27. The second kappa shape index (κ2) is 7.63. The lowest BCUT2D eigenvalue weighted by Crippen LogP contribution is -2.44. The van der Waals surface area contributed by atoms with E-state index in [4.69, 9.17) is 9.47 Å². The van der Waals surface area contributed by atoms with Gasteiger partial charge in [-0.3, -0.25) is 0 Å². The number of aromatic nitrogens is 1. The van der Waals surface area contributed by atoms with E-state index in [0.717, 1.165) is 0 Å². The molecule has 0 saturated carbocycles. The summed E-state index contributed by atoms with van der Waals surface area (Å²) >= 11 is 0. The van der Waals surface area contributed by atoms with Crippen molar-refractivity contribution in [1.29, 1.82) is 0 Å². The van der Waals surface area contributed by atoms with Gasteiger partial charge in [0.2, 0.25) is 5.88 Å². The maximum atomic E-state index is 11.7. The monoisotopic (exact) mass is 310 g/mol. The molecular formula is C15H22N2O5. The standard InChI is InChI=1S/C15H22N2O5/c1-5-21-12-10(7-6-8-16-12)9-11(13(18)19)17-14(20)22-15(2,3)4/h6-8,11H,5,9H2,1-4H3,(H,17,20)(H,18,19). The Bertz CT molecular complexity index is 525. The van der Waals surface area contributed by atoms with Gasteiger partial charge in [-0.2, -0.15) is 0 Å². The quantitative estimate of drug-likeness (QED) is 0.834. The number of carboxylic acids is 1. The van der Waals surface area contributed by atoms with Crippen LogP contribution in [0.4, 0.5) is 4.79 Å². The highest BCUT2D eigenvalue weighted by Gasteiger charge is 2.25. The molecule has 1 heterocycles. The molecule has 1 rings (SSSR count). The molecule has 0 saturated heterocycles. The normalized spacial score (nSPS) is 12.4. The van der Waals surface area contributed by atoms with Crippen molar-refractivity contribution >= 4 is 12.1 Å². The molecule has 1 aromatic heterocycles. The molecule has 0 aromatic carbocycles. The Morgan fingerprint density at radius 3 is 2.64 bits per heavy atom. The number of carbonyl (C=O) groups excluding carboxylic acids is 1. The van der Waals surface area contributed by atoms with E-state index in [1.807, 2.05) is 6.92 Å². The first kappa shape index (κ1) is 17.7. The molecule has 0 aliphatic heterocycles. The van der Waals surface area contributed by atoms with E-state index >= 15 is 0 Å². The minimum atomic E-state index is -1.16. The first-order valence-corrected chi connectivity index (χ1v) is 7.02. The third-order valence-corrected chi connectivity index (χ3v) is 2.54. The van der Waals surface area contributed by atoms with Crippen molar-refractivity contribution in [1.82, 2.24) is 10.3 Å². The highest BCUT2D eigenvalue weighted by Crippen LogP contribution is 2.17. The van der Waals surface area contributed by atoms with Gasteiger partial charge in [0.05, 0.1) is 6.61 Å². The zero-order valence-electron chi connectivity index (χ0n) is 13.3. The second-order valence-electron chi connectivity index (χ2n) is 5.64. The van der Waals surface area contributed by atoms with Gasteiger partial charge < -0.3 is 19.9 Å². The molecule has 122 valence electrons. The first-order chi connectivity index (χ1) is 10.2. The van der Waals surface area contributed by atoms with Crippen LogP contribution in [-0.4, -0.2) is 40.4 Å². The molecule has 0 radical (unpaired) electrons. The van der Waals surface area contributed by atoms with Crippen molar-refractivity contribution in [3.8, 4) is 5.88 Å². The van der Waals surface area contributed by atoms with Crippen LogP contribution in [0.15, 0.2) is 18.3 Å². The van der Waals surface area contributed by atoms with Crippen molar-refractivity contribution in [2.75, 3.05) is 6.61 Å². The van der Waals surface area contributed by atoms with Crippen LogP contribution in [0.5, 0.6) is 5.88 Å². The van der Waals surface area contributed by atoms with E-state index < -0.39 is 23.7 Å². The number of carboxylic acid groups (broad SMARTS) is 1. The van der Waals surface area contributed by atoms with E-state index in [9.17, 15) is 14.7 Å². The summed E-state index contributed by atoms with van der Waals surface area (Å²) in [5.74, 6) is -0.792. The van der Waals surface area contributed by atoms with Crippen LogP contribution in [0.1, 0.15) is 33.3 Å². The van der Waals surface area contributed by atoms with Crippen LogP contribution in [0, 0.1) is 0 Å². The fraction of sp³-hybridized carbons (Fsp3) is 0.533. The van der Waals surface area contributed by atoms with Gasteiger partial charge >= 0.3 is 12.1 Å². The minimum Gasteiger partial charge on any atom is -0.480 e. The van der Waals surface area contributed by atoms with Gasteiger partial charge in [-0.05, 0) is 33.8 Å². The maximum absolute atomic E-state index is 11.7. The number of nitrogens with one attached hydrogen (secondary N) is 1. The number of carbonyl (C=O) groups is 2. The van der Waals surface area contributed by atoms with E-state index in [-0.39, 0.29) is 6.42 Å². The molecule has 0 fully saturated rings. The number of rotatable bonds is 6. The third-order valence-electron chi connectivity index (χ3n) is 2.54. The van der Waals surface area contributed by atoms with Gasteiger partial charge in [-0.25, -0.2) is 14.6 Å². The zero-order chi connectivity index (χ0) is 16.8. The van der Waals surface area contributed by atoms with Gasteiger partial charge in [0.1, 0.15) is 11.6 Å². The van der Waals surface area contributed by atoms with E-state index in [2.05, 4.69) is 10.3 Å². The topological polar surface area (TPSA) is 97.8 Å². The van der Waals surface area contributed by atoms with E-state index in [1.165, 1.54) is 0 Å². The second-order valence-corrected chi connectivity index (χ2v) is 5.64. The summed E-state index contributed by atoms with van der Waals surface area (Å²) in [4.78, 5) is 27.1. The largest absolute Gasteiger partial charge is 0.480 e. The highest BCUT2D eigenvalue weighted by molar-refractivity contribution is 5.80. The molecule has 0 aliphatic rings. The maximum Gasteiger partial charge on any atom is 0.408 e. The summed E-state index contributed by atoms with van der Waals surface area (Å²) in [7, 11) is 0. The fourth-order valence-corrected chi connectivity index (χ4v) is 1.72. The van der Waals surface area contributed by atoms with Crippen molar-refractivity contribution in [3.63, 3.8) is 0 Å². The molecule has 0 aliphatic carbocycles. The number of alkyl carbamates (subject to hydrolysis) is 1. The van der Waals surface area contributed by atoms with Gasteiger partial charge in [-0.15, -0.1) is 0 Å². The molecular weight excluding hydrogens is 288 g/mol. The lowest BCUT2D eigenvalue weighted by molar-refractivity contribution is -0.139. The molecule has 7 nitrogen and oxygen atoms in total. The number of aliphatic carboxylic acids is 1. The SMILES string of the molecule is CCOc1ncccc1CC(NC(=O)OC(C)(C)C)C(=O)O. The van der Waals surface area contributed by atoms with Crippen LogP contribution in [0.2, 0.25) is 0 Å². The predicted octanol–water partition coefficient (Wildman–Crippen LogP) is 2.00. The van der Waals surface area contributed by atoms with Crippen LogP contribution in [-0.2, 0) is 16.0 Å². The summed E-state index contributed by atoms with van der Waals surface area (Å²) in [6.07, 6.45) is 0.838. The molecule has 1 unspecified atom stereocenters. The zero-order valence-corrected chi connectivity index (χ0v) is 13.3. The number of nitrogens with zero attached hydrogens (tertiary/aromatic N) is 1. The average molecular weight is 310 g/mol. The number of ether oxygens (including phenoxy) is 2. The first-order valence-electron chi connectivity index (χ1n) is 7.02. The molecule has 22 heavy (non-hydrogen) atoms. The fourth-order valence-electron chi connectivity index (χ4n) is 1.72. The molecule has 7 heteroatoms. The summed E-state index contributed by atoms with van der Waals surface area (Å²) < 4.78 is 10.4. The Labute approximate surface area is 129 Å². The van der Waals surface area contributed by atoms with Gasteiger partial charge in [0.15, 0.2) is 0 Å². The minimum absolute atomic E-state index is 0.0533. The lowest BCUT2D eigenvalue weighted by atomic mass is 10.1. The van der Waals surface area contributed by atoms with Crippen LogP contribution in [0.25, 0.3) is 0 Å². The average Bonchev–Trinajstić information content (AvgIpc) is 2.38. The Balaban J connectivity index is 2.81. The predicted molar refractivity (Wildman–Crippen MR) is 79.9 cm³/mol. The Morgan fingerprint density at radius 2 is 2.09 bits per heavy atom. The summed E-state index contributed by atoms with van der Waals surface area (Å²) in [5.41, 5.74) is -0.0921. The van der Waals surface area contributed by atoms with Crippen molar-refractivity contribution in [2.45, 2.75) is 45.8 Å². The molecule has 0 bridgehead atoms. The molecule has 2 N–H and O–H groups in total. The van der Waals surface area contributed by atoms with Gasteiger partial charge in [-0.1, -0.05) is 6.07 Å². The van der Waals surface area contributed by atoms with Crippen molar-refractivity contribution in [3.05, 3.63) is 23.9 Å². The van der Waals surface area contributed by atoms with E-state index in [0.29, 0.717) is 18.1 Å². The summed E-state index contributed by atoms with van der Waals surface area (Å²) in [6.45, 7) is 7.34. The highest BCUT2D eigenvalue weighted by atomic mass is 16.6. The third kappa shape index (κ3) is 5.99. The Hall–Kier alpha value is -2.31. The Morgan fingerprint density at radius 1 is 1.41 bits per heavy atom. The molecule has 1 atom stereocenters. The van der Waals surface area contributed by atoms with Crippen LogP contribution in [0.3, 0.4) is 0 Å². The Kier molecular flexibility index (Phi) is 6.15.